The summed E-state index contributed by atoms with van der Waals surface area (Å²) in [4.78, 5) is 8.87. The van der Waals surface area contributed by atoms with Gasteiger partial charge in [0.15, 0.2) is 5.82 Å². The zero-order valence-corrected chi connectivity index (χ0v) is 14.6. The maximum absolute atomic E-state index is 6.07. The van der Waals surface area contributed by atoms with Crippen molar-refractivity contribution in [2.24, 2.45) is 0 Å². The van der Waals surface area contributed by atoms with Crippen LogP contribution in [0.5, 0.6) is 0 Å². The van der Waals surface area contributed by atoms with E-state index in [2.05, 4.69) is 14.5 Å². The Morgan fingerprint density at radius 2 is 1.93 bits per heavy atom. The number of benzene rings is 2. The predicted octanol–water partition coefficient (Wildman–Crippen LogP) is 4.13. The van der Waals surface area contributed by atoms with Crippen molar-refractivity contribution >= 4 is 38.7 Å². The van der Waals surface area contributed by atoms with E-state index in [9.17, 15) is 0 Å². The van der Waals surface area contributed by atoms with E-state index >= 15 is 0 Å². The Morgan fingerprint density at radius 3 is 2.85 bits per heavy atom. The molecule has 0 saturated heterocycles. The average Bonchev–Trinajstić information content (AvgIpc) is 3.30. The van der Waals surface area contributed by atoms with Gasteiger partial charge in [-0.1, -0.05) is 36.4 Å². The second kappa shape index (κ2) is 6.41. The molecule has 27 heavy (non-hydrogen) atoms. The summed E-state index contributed by atoms with van der Waals surface area (Å²) in [7, 11) is 0. The minimum absolute atomic E-state index is 0.436. The highest BCUT2D eigenvalue weighted by Gasteiger charge is 2.12. The molecule has 0 unspecified atom stereocenters. The maximum atomic E-state index is 6.07. The Balaban J connectivity index is 1.34. The molecule has 3 aromatic heterocycles. The summed E-state index contributed by atoms with van der Waals surface area (Å²) in [6.45, 7) is 1.65. The van der Waals surface area contributed by atoms with Crippen LogP contribution in [0, 0.1) is 0 Å². The summed E-state index contributed by atoms with van der Waals surface area (Å²) in [6, 6.07) is 17.9. The minimum Gasteiger partial charge on any atom is -0.459 e. The van der Waals surface area contributed by atoms with Gasteiger partial charge in [-0.05, 0) is 18.2 Å². The molecule has 6 heteroatoms. The quantitative estimate of drug-likeness (QED) is 0.478. The zero-order chi connectivity index (χ0) is 18.2. The van der Waals surface area contributed by atoms with Crippen molar-refractivity contribution in [3.8, 4) is 0 Å². The van der Waals surface area contributed by atoms with Gasteiger partial charge in [-0.25, -0.2) is 9.97 Å². The number of nitrogens with zero attached hydrogens (tertiary/aromatic N) is 3. The highest BCUT2D eigenvalue weighted by molar-refractivity contribution is 6.06. The van der Waals surface area contributed by atoms with Gasteiger partial charge in [0.1, 0.15) is 23.5 Å². The Labute approximate surface area is 155 Å². The Kier molecular flexibility index (Phi) is 3.76. The van der Waals surface area contributed by atoms with Crippen LogP contribution in [-0.2, 0) is 17.9 Å². The molecule has 0 aliphatic rings. The van der Waals surface area contributed by atoms with Crippen molar-refractivity contribution in [1.29, 1.82) is 0 Å². The molecule has 0 saturated carbocycles. The molecule has 0 bridgehead atoms. The van der Waals surface area contributed by atoms with Crippen molar-refractivity contribution in [1.82, 2.24) is 14.5 Å². The average molecular weight is 358 g/mol. The summed E-state index contributed by atoms with van der Waals surface area (Å²) in [5, 5.41) is 2.13. The van der Waals surface area contributed by atoms with Crippen molar-refractivity contribution in [2.75, 3.05) is 12.3 Å². The van der Waals surface area contributed by atoms with Gasteiger partial charge in [-0.15, -0.1) is 0 Å². The molecular formula is C21H18N4O2. The number of aromatic nitrogens is 3. The summed E-state index contributed by atoms with van der Waals surface area (Å²) >= 11 is 0. The van der Waals surface area contributed by atoms with E-state index in [4.69, 9.17) is 14.9 Å². The fourth-order valence-corrected chi connectivity index (χ4v) is 3.42. The Hall–Kier alpha value is -3.38. The number of ether oxygens (including phenoxy) is 1. The molecule has 2 aromatic carbocycles. The third-order valence-electron chi connectivity index (χ3n) is 4.68. The van der Waals surface area contributed by atoms with Crippen LogP contribution in [-0.4, -0.2) is 21.1 Å². The van der Waals surface area contributed by atoms with Crippen LogP contribution < -0.4 is 5.73 Å². The number of anilines is 1. The molecule has 0 fully saturated rings. The topological polar surface area (TPSA) is 79.1 Å². The second-order valence-corrected chi connectivity index (χ2v) is 6.45. The first-order valence-electron chi connectivity index (χ1n) is 8.84. The lowest BCUT2D eigenvalue weighted by Crippen LogP contribution is -2.05. The molecule has 5 rings (SSSR count). The van der Waals surface area contributed by atoms with Crippen molar-refractivity contribution in [3.05, 3.63) is 66.7 Å². The molecule has 0 amide bonds. The smallest absolute Gasteiger partial charge is 0.152 e. The third-order valence-corrected chi connectivity index (χ3v) is 4.68. The normalized spacial score (nSPS) is 11.7. The van der Waals surface area contributed by atoms with Gasteiger partial charge in [0.05, 0.1) is 24.0 Å². The van der Waals surface area contributed by atoms with Gasteiger partial charge in [0.2, 0.25) is 0 Å². The Bertz CT molecular complexity index is 1220. The molecule has 0 aliphatic heterocycles. The number of hydrogen-bond acceptors (Lipinski definition) is 5. The number of nitrogens with two attached hydrogens (primary N) is 1. The molecule has 5 aromatic rings. The lowest BCUT2D eigenvalue weighted by Gasteiger charge is -2.08. The molecule has 134 valence electrons. The number of fused-ring (bicyclic) bond motifs is 4. The number of rotatable bonds is 5. The van der Waals surface area contributed by atoms with E-state index in [1.165, 1.54) is 0 Å². The van der Waals surface area contributed by atoms with Gasteiger partial charge < -0.3 is 19.5 Å². The number of para-hydroxylation sites is 2. The van der Waals surface area contributed by atoms with Crippen LogP contribution in [0.25, 0.3) is 32.9 Å². The lowest BCUT2D eigenvalue weighted by atomic mass is 10.2. The maximum Gasteiger partial charge on any atom is 0.152 e. The second-order valence-electron chi connectivity index (χ2n) is 6.45. The van der Waals surface area contributed by atoms with Crippen LogP contribution >= 0.6 is 0 Å². The van der Waals surface area contributed by atoms with E-state index in [1.807, 2.05) is 54.6 Å². The first-order chi connectivity index (χ1) is 13.3. The van der Waals surface area contributed by atoms with E-state index in [1.54, 1.807) is 6.33 Å². The third kappa shape index (κ3) is 2.80. The first-order valence-corrected chi connectivity index (χ1v) is 8.84. The largest absolute Gasteiger partial charge is 0.459 e. The van der Waals surface area contributed by atoms with Crippen molar-refractivity contribution in [2.45, 2.75) is 13.2 Å². The van der Waals surface area contributed by atoms with Crippen LogP contribution in [0.15, 0.2) is 65.3 Å². The zero-order valence-electron chi connectivity index (χ0n) is 14.6. The monoisotopic (exact) mass is 358 g/mol. The molecule has 0 atom stereocenters. The van der Waals surface area contributed by atoms with Gasteiger partial charge in [0, 0.05) is 17.3 Å². The van der Waals surface area contributed by atoms with Gasteiger partial charge in [-0.3, -0.25) is 0 Å². The molecule has 3 heterocycles. The number of furan rings is 1. The summed E-state index contributed by atoms with van der Waals surface area (Å²) in [5.74, 6) is 1.27. The summed E-state index contributed by atoms with van der Waals surface area (Å²) in [6.07, 6.45) is 1.79. The van der Waals surface area contributed by atoms with E-state index in [0.717, 1.165) is 38.7 Å². The highest BCUT2D eigenvalue weighted by Crippen LogP contribution is 2.27. The number of pyridine rings is 1. The molecule has 0 aliphatic carbocycles. The Morgan fingerprint density at radius 1 is 1.07 bits per heavy atom. The number of hydrogen-bond donors (Lipinski definition) is 1. The molecule has 0 spiro atoms. The van der Waals surface area contributed by atoms with Gasteiger partial charge in [-0.2, -0.15) is 0 Å². The number of nitrogen functional groups attached to an aromatic ring is 1. The van der Waals surface area contributed by atoms with Crippen molar-refractivity contribution < 1.29 is 9.15 Å². The van der Waals surface area contributed by atoms with Crippen LogP contribution in [0.1, 0.15) is 5.76 Å². The molecular weight excluding hydrogens is 340 g/mol. The highest BCUT2D eigenvalue weighted by atomic mass is 16.5. The SMILES string of the molecule is Nc1nc2ccccc2c2c1ncn2CCOCc1cc2ccccc2o1. The summed E-state index contributed by atoms with van der Waals surface area (Å²) in [5.41, 5.74) is 9.54. The lowest BCUT2D eigenvalue weighted by molar-refractivity contribution is 0.101. The molecule has 0 radical (unpaired) electrons. The predicted molar refractivity (Wildman–Crippen MR) is 105 cm³/mol. The summed E-state index contributed by atoms with van der Waals surface area (Å²) < 4.78 is 13.7. The van der Waals surface area contributed by atoms with Crippen LogP contribution in [0.2, 0.25) is 0 Å². The van der Waals surface area contributed by atoms with E-state index in [-0.39, 0.29) is 0 Å². The van der Waals surface area contributed by atoms with Crippen LogP contribution in [0.4, 0.5) is 5.82 Å². The van der Waals surface area contributed by atoms with Crippen LogP contribution in [0.3, 0.4) is 0 Å². The van der Waals surface area contributed by atoms with E-state index in [0.29, 0.717) is 25.6 Å². The van der Waals surface area contributed by atoms with Gasteiger partial charge >= 0.3 is 0 Å². The van der Waals surface area contributed by atoms with E-state index < -0.39 is 0 Å². The molecule has 6 nitrogen and oxygen atoms in total. The van der Waals surface area contributed by atoms with Gasteiger partial charge in [0.25, 0.3) is 0 Å². The molecule has 2 N–H and O–H groups in total. The first kappa shape index (κ1) is 15.8. The fourth-order valence-electron chi connectivity index (χ4n) is 3.42. The minimum atomic E-state index is 0.436. The van der Waals surface area contributed by atoms with Crippen molar-refractivity contribution in [3.63, 3.8) is 0 Å². The number of imidazole rings is 1. The fraction of sp³-hybridized carbons (Fsp3) is 0.143. The standard InChI is InChI=1S/C21H18N4O2/c22-21-19-20(16-6-2-3-7-17(16)24-21)25(13-23-19)9-10-26-12-15-11-14-5-1-4-8-18(14)27-15/h1-8,11,13H,9-10,12H2,(H2,22,24).